The number of thioether (sulfide) groups is 1. The number of carboxylic acid groups (broad SMARTS) is 1. The van der Waals surface area contributed by atoms with Crippen LogP contribution in [0.1, 0.15) is 5.69 Å². The molecule has 1 aromatic rings. The van der Waals surface area contributed by atoms with Crippen LogP contribution in [0.25, 0.3) is 0 Å². The van der Waals surface area contributed by atoms with E-state index < -0.39 is 29.2 Å². The molecule has 10 nitrogen and oxygen atoms in total. The Morgan fingerprint density at radius 3 is 2.79 bits per heavy atom. The van der Waals surface area contributed by atoms with Gasteiger partial charge in [-0.2, -0.15) is 0 Å². The lowest BCUT2D eigenvalue weighted by Crippen LogP contribution is -2.71. The van der Waals surface area contributed by atoms with E-state index in [9.17, 15) is 19.5 Å². The highest BCUT2D eigenvalue weighted by Gasteiger charge is 2.54. The van der Waals surface area contributed by atoms with Crippen molar-refractivity contribution in [2.45, 2.75) is 11.4 Å². The SMILES string of the molecule is CON=C(C(=O)NC1C(=O)N2C(C(=O)O)=C(C=C(Cl)Cl)CS[C@@H]12)c1csc(N)n1. The van der Waals surface area contributed by atoms with Crippen LogP contribution in [-0.2, 0) is 19.2 Å². The molecule has 1 fully saturated rings. The Balaban J connectivity index is 1.82. The van der Waals surface area contributed by atoms with Crippen molar-refractivity contribution in [3.05, 3.63) is 32.9 Å². The number of amides is 2. The zero-order valence-electron chi connectivity index (χ0n) is 14.6. The second-order valence-corrected chi connectivity index (χ2v) is 8.67. The fourth-order valence-electron chi connectivity index (χ4n) is 2.79. The molecular formula is C15H13Cl2N5O5S2. The number of carbonyl (C=O) groups excluding carboxylic acids is 2. The maximum Gasteiger partial charge on any atom is 0.352 e. The van der Waals surface area contributed by atoms with Gasteiger partial charge in [-0.1, -0.05) is 28.4 Å². The number of aromatic nitrogens is 1. The summed E-state index contributed by atoms with van der Waals surface area (Å²) in [5, 5.41) is 16.9. The van der Waals surface area contributed by atoms with Crippen LogP contribution in [0, 0.1) is 0 Å². The number of carboxylic acids is 1. The second kappa shape index (κ2) is 8.61. The van der Waals surface area contributed by atoms with E-state index in [0.29, 0.717) is 5.57 Å². The lowest BCUT2D eigenvalue weighted by atomic mass is 10.0. The number of fused-ring (bicyclic) bond motifs is 1. The van der Waals surface area contributed by atoms with Crippen molar-refractivity contribution in [1.82, 2.24) is 15.2 Å². The molecule has 0 bridgehead atoms. The number of nitrogens with one attached hydrogen (secondary N) is 1. The monoisotopic (exact) mass is 477 g/mol. The summed E-state index contributed by atoms with van der Waals surface area (Å²) < 4.78 is -0.126. The summed E-state index contributed by atoms with van der Waals surface area (Å²) in [5.74, 6) is -2.34. The average molecular weight is 478 g/mol. The third-order valence-electron chi connectivity index (χ3n) is 3.93. The number of nitrogens with two attached hydrogens (primary N) is 1. The number of β-lactam (4-membered cyclic amide) rings is 1. The third-order valence-corrected chi connectivity index (χ3v) is 6.13. The summed E-state index contributed by atoms with van der Waals surface area (Å²) in [7, 11) is 1.26. The molecule has 154 valence electrons. The molecule has 1 saturated heterocycles. The number of aliphatic carboxylic acids is 1. The molecule has 0 aromatic carbocycles. The molecule has 0 radical (unpaired) electrons. The third kappa shape index (κ3) is 4.20. The van der Waals surface area contributed by atoms with Crippen LogP contribution in [0.2, 0.25) is 0 Å². The van der Waals surface area contributed by atoms with Crippen LogP contribution < -0.4 is 11.1 Å². The highest BCUT2D eigenvalue weighted by Crippen LogP contribution is 2.41. The number of anilines is 1. The van der Waals surface area contributed by atoms with E-state index in [0.717, 1.165) is 16.2 Å². The summed E-state index contributed by atoms with van der Waals surface area (Å²) in [5.41, 5.74) is 5.71. The van der Waals surface area contributed by atoms with Crippen molar-refractivity contribution in [2.24, 2.45) is 5.16 Å². The molecule has 3 rings (SSSR count). The quantitative estimate of drug-likeness (QED) is 0.313. The molecule has 3 heterocycles. The van der Waals surface area contributed by atoms with E-state index >= 15 is 0 Å². The van der Waals surface area contributed by atoms with Gasteiger partial charge in [0.1, 0.15) is 34.4 Å². The number of hydrogen-bond acceptors (Lipinski definition) is 9. The van der Waals surface area contributed by atoms with Crippen LogP contribution in [0.5, 0.6) is 0 Å². The minimum atomic E-state index is -1.30. The Kier molecular flexibility index (Phi) is 6.36. The Morgan fingerprint density at radius 2 is 2.24 bits per heavy atom. The Morgan fingerprint density at radius 1 is 1.52 bits per heavy atom. The standard InChI is InChI=1S/C15H13Cl2N5O5S2/c1-27-21-8(6-4-29-15(18)19-6)11(23)20-9-12(24)22-10(14(25)26)5(2-7(16)17)3-28-13(9)22/h2,4,9,13H,3H2,1H3,(H2,18,19)(H,20,23)(H,25,26)/t9?,13-/m0/s1. The van der Waals surface area contributed by atoms with Crippen molar-refractivity contribution < 1.29 is 24.3 Å². The number of allylic oxidation sites excluding steroid dienone is 1. The molecular weight excluding hydrogens is 465 g/mol. The van der Waals surface area contributed by atoms with Gasteiger partial charge in [0.05, 0.1) is 0 Å². The molecule has 2 atom stereocenters. The van der Waals surface area contributed by atoms with Crippen molar-refractivity contribution in [3.8, 4) is 0 Å². The number of halogens is 2. The van der Waals surface area contributed by atoms with Crippen LogP contribution in [0.4, 0.5) is 5.13 Å². The van der Waals surface area contributed by atoms with Gasteiger partial charge in [-0.3, -0.25) is 14.5 Å². The van der Waals surface area contributed by atoms with Gasteiger partial charge < -0.3 is 21.0 Å². The smallest absolute Gasteiger partial charge is 0.352 e. The first-order chi connectivity index (χ1) is 13.7. The number of carbonyl (C=O) groups is 3. The molecule has 2 amide bonds. The van der Waals surface area contributed by atoms with Crippen LogP contribution in [0.3, 0.4) is 0 Å². The second-order valence-electron chi connectivity index (χ2n) is 5.67. The molecule has 4 N–H and O–H groups in total. The summed E-state index contributed by atoms with van der Waals surface area (Å²) in [6, 6.07) is -0.947. The van der Waals surface area contributed by atoms with Gasteiger partial charge in [0.2, 0.25) is 0 Å². The summed E-state index contributed by atoms with van der Waals surface area (Å²) >= 11 is 13.6. The molecule has 2 aliphatic rings. The number of hydrogen-bond donors (Lipinski definition) is 3. The Labute approximate surface area is 182 Å². The van der Waals surface area contributed by atoms with Crippen molar-refractivity contribution in [1.29, 1.82) is 0 Å². The van der Waals surface area contributed by atoms with E-state index in [2.05, 4.69) is 20.3 Å². The predicted octanol–water partition coefficient (Wildman–Crippen LogP) is 1.13. The van der Waals surface area contributed by atoms with Crippen LogP contribution >= 0.6 is 46.3 Å². The molecule has 1 aromatic heterocycles. The normalized spacial score (nSPS) is 21.3. The first-order valence-corrected chi connectivity index (χ1v) is 10.5. The fourth-order valence-corrected chi connectivity index (χ4v) is 4.90. The number of thiazole rings is 1. The van der Waals surface area contributed by atoms with E-state index in [1.54, 1.807) is 0 Å². The molecule has 14 heteroatoms. The fraction of sp³-hybridized carbons (Fsp3) is 0.267. The van der Waals surface area contributed by atoms with Crippen molar-refractivity contribution in [3.63, 3.8) is 0 Å². The van der Waals surface area contributed by atoms with Crippen LogP contribution in [0.15, 0.2) is 32.4 Å². The highest BCUT2D eigenvalue weighted by molar-refractivity contribution is 8.00. The minimum Gasteiger partial charge on any atom is -0.477 e. The first-order valence-electron chi connectivity index (χ1n) is 7.81. The number of nitrogen functional groups attached to an aromatic ring is 1. The van der Waals surface area contributed by atoms with Gasteiger partial charge in [-0.15, -0.1) is 23.1 Å². The van der Waals surface area contributed by atoms with Gasteiger partial charge >= 0.3 is 5.97 Å². The van der Waals surface area contributed by atoms with Crippen LogP contribution in [-0.4, -0.2) is 62.8 Å². The van der Waals surface area contributed by atoms with E-state index in [1.807, 2.05) is 0 Å². The molecule has 1 unspecified atom stereocenters. The molecule has 0 saturated carbocycles. The van der Waals surface area contributed by atoms with Crippen molar-refractivity contribution in [2.75, 3.05) is 18.6 Å². The average Bonchev–Trinajstić information content (AvgIpc) is 3.08. The largest absolute Gasteiger partial charge is 0.477 e. The number of rotatable bonds is 6. The summed E-state index contributed by atoms with van der Waals surface area (Å²) in [4.78, 5) is 46.7. The number of nitrogens with zero attached hydrogens (tertiary/aromatic N) is 3. The maximum absolute atomic E-state index is 12.6. The lowest BCUT2D eigenvalue weighted by molar-refractivity contribution is -0.150. The molecule has 2 aliphatic heterocycles. The molecule has 0 spiro atoms. The van der Waals surface area contributed by atoms with E-state index in [4.69, 9.17) is 28.9 Å². The first kappa shape index (κ1) is 21.4. The summed E-state index contributed by atoms with van der Waals surface area (Å²) in [6.07, 6.45) is 1.28. The van der Waals surface area contributed by atoms with E-state index in [1.165, 1.54) is 30.3 Å². The number of oxime groups is 1. The van der Waals surface area contributed by atoms with Gasteiger partial charge in [0.25, 0.3) is 11.8 Å². The minimum absolute atomic E-state index is 0.126. The zero-order valence-corrected chi connectivity index (χ0v) is 17.7. The lowest BCUT2D eigenvalue weighted by Gasteiger charge is -2.49. The highest BCUT2D eigenvalue weighted by atomic mass is 35.5. The zero-order chi connectivity index (χ0) is 21.3. The van der Waals surface area contributed by atoms with Crippen molar-refractivity contribution >= 4 is 74.9 Å². The summed E-state index contributed by atoms with van der Waals surface area (Å²) in [6.45, 7) is 0. The Bertz CT molecular complexity index is 972. The van der Waals surface area contributed by atoms with Gasteiger partial charge in [-0.05, 0) is 11.6 Å². The van der Waals surface area contributed by atoms with Gasteiger partial charge in [0, 0.05) is 11.1 Å². The Hall–Kier alpha value is -2.28. The maximum atomic E-state index is 12.6. The van der Waals surface area contributed by atoms with Gasteiger partial charge in [-0.25, -0.2) is 9.78 Å². The van der Waals surface area contributed by atoms with Gasteiger partial charge in [0.15, 0.2) is 10.8 Å². The molecule has 29 heavy (non-hydrogen) atoms. The topological polar surface area (TPSA) is 147 Å². The molecule has 0 aliphatic carbocycles. The van der Waals surface area contributed by atoms with E-state index in [-0.39, 0.29) is 32.5 Å². The predicted molar refractivity (Wildman–Crippen MR) is 110 cm³/mol.